The average molecular weight is 451 g/mol. The second-order valence-electron chi connectivity index (χ2n) is 9.29. The van der Waals surface area contributed by atoms with Gasteiger partial charge in [0.05, 0.1) is 5.69 Å². The van der Waals surface area contributed by atoms with Gasteiger partial charge in [-0.05, 0) is 66.5 Å². The third-order valence-electron chi connectivity index (χ3n) is 6.77. The molecule has 0 bridgehead atoms. The number of hydrogen-bond acceptors (Lipinski definition) is 5. The van der Waals surface area contributed by atoms with E-state index in [0.29, 0.717) is 33.3 Å². The number of aromatic nitrogens is 1. The van der Waals surface area contributed by atoms with Crippen LogP contribution in [0.2, 0.25) is 0 Å². The highest BCUT2D eigenvalue weighted by Gasteiger charge is 2.32. The minimum Gasteiger partial charge on any atom is -0.397 e. The van der Waals surface area contributed by atoms with Crippen LogP contribution in [0.5, 0.6) is 0 Å². The quantitative estimate of drug-likeness (QED) is 0.469. The zero-order chi connectivity index (χ0) is 23.0. The average Bonchev–Trinajstić information content (AvgIpc) is 3.08. The first-order chi connectivity index (χ1) is 15.2. The molecule has 2 aromatic heterocycles. The number of nitrogen functional groups attached to an aromatic ring is 1. The van der Waals surface area contributed by atoms with Crippen LogP contribution in [0.3, 0.4) is 0 Å². The highest BCUT2D eigenvalue weighted by Crippen LogP contribution is 2.42. The fourth-order valence-corrected chi connectivity index (χ4v) is 5.33. The number of nitrogens with one attached hydrogen (secondary N) is 2. The third kappa shape index (κ3) is 4.35. The molecule has 0 saturated carbocycles. The summed E-state index contributed by atoms with van der Waals surface area (Å²) in [4.78, 5) is 30.3. The number of nitrogens with two attached hydrogens (primary N) is 1. The van der Waals surface area contributed by atoms with E-state index in [0.717, 1.165) is 41.6 Å². The van der Waals surface area contributed by atoms with E-state index in [4.69, 9.17) is 10.7 Å². The molecule has 6 nitrogen and oxygen atoms in total. The lowest BCUT2D eigenvalue weighted by atomic mass is 9.69. The van der Waals surface area contributed by atoms with Crippen molar-refractivity contribution in [3.63, 3.8) is 0 Å². The van der Waals surface area contributed by atoms with E-state index >= 15 is 0 Å². The lowest BCUT2D eigenvalue weighted by Gasteiger charge is -2.36. The van der Waals surface area contributed by atoms with Gasteiger partial charge in [0.2, 0.25) is 5.91 Å². The van der Waals surface area contributed by atoms with Gasteiger partial charge in [0.15, 0.2) is 0 Å². The van der Waals surface area contributed by atoms with Crippen LogP contribution in [0.4, 0.5) is 17.1 Å². The maximum atomic E-state index is 12.9. The van der Waals surface area contributed by atoms with Gasteiger partial charge in [-0.3, -0.25) is 9.59 Å². The number of pyridine rings is 1. The van der Waals surface area contributed by atoms with E-state index in [2.05, 4.69) is 37.5 Å². The van der Waals surface area contributed by atoms with Gasteiger partial charge in [0.25, 0.3) is 5.91 Å². The minimum absolute atomic E-state index is 0.139. The molecule has 1 aliphatic rings. The number of anilines is 3. The first kappa shape index (κ1) is 22.3. The molecular formula is C25H30N4O2S. The lowest BCUT2D eigenvalue weighted by Crippen LogP contribution is -2.29. The van der Waals surface area contributed by atoms with E-state index in [1.165, 1.54) is 23.8 Å². The van der Waals surface area contributed by atoms with Crippen molar-refractivity contribution in [2.24, 2.45) is 11.3 Å². The fourth-order valence-electron chi connectivity index (χ4n) is 4.34. The predicted octanol–water partition coefficient (Wildman–Crippen LogP) is 5.63. The molecule has 4 rings (SSSR count). The van der Waals surface area contributed by atoms with Gasteiger partial charge in [0.1, 0.15) is 9.71 Å². The molecule has 0 saturated heterocycles. The SMILES string of the molecule is CCC(C)(C)C1CCc2nc3sc(C(=O)Nc4ccc(NC(C)=O)cc4)c(N)c3cc2C1. The summed E-state index contributed by atoms with van der Waals surface area (Å²) < 4.78 is 0. The zero-order valence-electron chi connectivity index (χ0n) is 19.0. The molecule has 0 aliphatic heterocycles. The van der Waals surface area contributed by atoms with Crippen molar-refractivity contribution in [3.8, 4) is 0 Å². The van der Waals surface area contributed by atoms with Crippen LogP contribution in [0.15, 0.2) is 30.3 Å². The molecule has 7 heteroatoms. The van der Waals surface area contributed by atoms with Crippen molar-refractivity contribution in [1.29, 1.82) is 0 Å². The predicted molar refractivity (Wildman–Crippen MR) is 132 cm³/mol. The Balaban J connectivity index is 1.57. The van der Waals surface area contributed by atoms with Gasteiger partial charge in [-0.2, -0.15) is 0 Å². The summed E-state index contributed by atoms with van der Waals surface area (Å²) in [6.45, 7) is 8.40. The number of hydrogen-bond donors (Lipinski definition) is 3. The van der Waals surface area contributed by atoms with Crippen LogP contribution in [0.1, 0.15) is 61.5 Å². The number of carbonyl (C=O) groups is 2. The van der Waals surface area contributed by atoms with Crippen LogP contribution >= 0.6 is 11.3 Å². The topological polar surface area (TPSA) is 97.1 Å². The smallest absolute Gasteiger partial charge is 0.267 e. The molecule has 1 aromatic carbocycles. The molecule has 1 atom stereocenters. The maximum Gasteiger partial charge on any atom is 0.267 e. The van der Waals surface area contributed by atoms with E-state index in [9.17, 15) is 9.59 Å². The lowest BCUT2D eigenvalue weighted by molar-refractivity contribution is -0.114. The summed E-state index contributed by atoms with van der Waals surface area (Å²) >= 11 is 1.34. The first-order valence-corrected chi connectivity index (χ1v) is 11.9. The van der Waals surface area contributed by atoms with E-state index in [1.807, 2.05) is 0 Å². The number of benzene rings is 1. The zero-order valence-corrected chi connectivity index (χ0v) is 19.9. The number of thiophene rings is 1. The Labute approximate surface area is 192 Å². The van der Waals surface area contributed by atoms with E-state index in [1.54, 1.807) is 24.3 Å². The second-order valence-corrected chi connectivity index (χ2v) is 10.3. The molecule has 2 amide bonds. The molecule has 1 unspecified atom stereocenters. The number of rotatable bonds is 5. The van der Waals surface area contributed by atoms with E-state index < -0.39 is 0 Å². The van der Waals surface area contributed by atoms with Crippen molar-refractivity contribution in [2.75, 3.05) is 16.4 Å². The molecule has 4 N–H and O–H groups in total. The van der Waals surface area contributed by atoms with E-state index in [-0.39, 0.29) is 11.8 Å². The summed E-state index contributed by atoms with van der Waals surface area (Å²) in [5.74, 6) is 0.239. The standard InChI is InChI=1S/C25H30N4O2S/c1-5-25(3,4)16-6-11-20-15(12-16)13-19-21(26)22(32-24(19)29-20)23(31)28-18-9-7-17(8-10-18)27-14(2)30/h7-10,13,16H,5-6,11-12,26H2,1-4H3,(H,27,30)(H,28,31). The Morgan fingerprint density at radius 3 is 2.47 bits per heavy atom. The molecule has 0 radical (unpaired) electrons. The number of fused-ring (bicyclic) bond motifs is 2. The molecule has 3 aromatic rings. The molecule has 1 aliphatic carbocycles. The molecule has 0 spiro atoms. The second kappa shape index (κ2) is 8.54. The molecular weight excluding hydrogens is 420 g/mol. The Bertz CT molecular complexity index is 1180. The van der Waals surface area contributed by atoms with Gasteiger partial charge < -0.3 is 16.4 Å². The maximum absolute atomic E-state index is 12.9. The van der Waals surface area contributed by atoms with Crippen molar-refractivity contribution < 1.29 is 9.59 Å². The Morgan fingerprint density at radius 2 is 1.84 bits per heavy atom. The van der Waals surface area contributed by atoms with Crippen LogP contribution < -0.4 is 16.4 Å². The normalized spacial score (nSPS) is 15.9. The summed E-state index contributed by atoms with van der Waals surface area (Å²) in [6.07, 6.45) is 4.28. The minimum atomic E-state index is -0.249. The van der Waals surface area contributed by atoms with Crippen LogP contribution in [0, 0.1) is 11.3 Å². The third-order valence-corrected chi connectivity index (χ3v) is 7.89. The van der Waals surface area contributed by atoms with Gasteiger partial charge in [-0.25, -0.2) is 4.98 Å². The van der Waals surface area contributed by atoms with Crippen LogP contribution in [0.25, 0.3) is 10.2 Å². The van der Waals surface area contributed by atoms with Gasteiger partial charge in [0, 0.05) is 29.4 Å². The molecule has 0 fully saturated rings. The number of carbonyl (C=O) groups excluding carboxylic acids is 2. The monoisotopic (exact) mass is 450 g/mol. The molecule has 168 valence electrons. The van der Waals surface area contributed by atoms with Crippen molar-refractivity contribution >= 4 is 50.4 Å². The van der Waals surface area contributed by atoms with Crippen LogP contribution in [-0.4, -0.2) is 16.8 Å². The number of nitrogens with zero attached hydrogens (tertiary/aromatic N) is 1. The number of amides is 2. The highest BCUT2D eigenvalue weighted by molar-refractivity contribution is 7.21. The summed E-state index contributed by atoms with van der Waals surface area (Å²) in [7, 11) is 0. The highest BCUT2D eigenvalue weighted by atomic mass is 32.1. The van der Waals surface area contributed by atoms with Crippen molar-refractivity contribution in [1.82, 2.24) is 4.98 Å². The Kier molecular flexibility index (Phi) is 5.95. The summed E-state index contributed by atoms with van der Waals surface area (Å²) in [5.41, 5.74) is 10.9. The first-order valence-electron chi connectivity index (χ1n) is 11.1. The largest absolute Gasteiger partial charge is 0.397 e. The summed E-state index contributed by atoms with van der Waals surface area (Å²) in [6, 6.07) is 9.14. The number of aryl methyl sites for hydroxylation is 1. The van der Waals surface area contributed by atoms with Gasteiger partial charge in [-0.1, -0.05) is 27.2 Å². The summed E-state index contributed by atoms with van der Waals surface area (Å²) in [5, 5.41) is 6.47. The molecule has 2 heterocycles. The van der Waals surface area contributed by atoms with Crippen molar-refractivity contribution in [3.05, 3.63) is 46.5 Å². The molecule has 32 heavy (non-hydrogen) atoms. The fraction of sp³-hybridized carbons (Fsp3) is 0.400. The van der Waals surface area contributed by atoms with Crippen molar-refractivity contribution in [2.45, 2.75) is 53.4 Å². The Hall–Kier alpha value is -2.93. The Morgan fingerprint density at radius 1 is 1.19 bits per heavy atom. The van der Waals surface area contributed by atoms with Crippen LogP contribution in [-0.2, 0) is 17.6 Å². The van der Waals surface area contributed by atoms with Gasteiger partial charge in [-0.15, -0.1) is 11.3 Å². The van der Waals surface area contributed by atoms with Gasteiger partial charge >= 0.3 is 0 Å².